The molecule has 0 saturated heterocycles. The predicted octanol–water partition coefficient (Wildman–Crippen LogP) is 1.44. The molecule has 0 unspecified atom stereocenters. The molecular formula is C14H21N3O2. The predicted molar refractivity (Wildman–Crippen MR) is 75.9 cm³/mol. The van der Waals surface area contributed by atoms with Gasteiger partial charge in [-0.25, -0.2) is 0 Å². The van der Waals surface area contributed by atoms with Crippen LogP contribution in [0.2, 0.25) is 0 Å². The highest BCUT2D eigenvalue weighted by Gasteiger charge is 2.12. The third-order valence-corrected chi connectivity index (χ3v) is 2.89. The molecule has 0 atom stereocenters. The first kappa shape index (κ1) is 13.5. The van der Waals surface area contributed by atoms with Gasteiger partial charge in [0.15, 0.2) is 17.5 Å². The highest BCUT2D eigenvalue weighted by Crippen LogP contribution is 2.32. The molecule has 1 aliphatic rings. The second-order valence-electron chi connectivity index (χ2n) is 4.91. The average Bonchev–Trinajstić information content (AvgIpc) is 2.80. The van der Waals surface area contributed by atoms with Gasteiger partial charge in [-0.15, -0.1) is 0 Å². The first-order chi connectivity index (χ1) is 9.08. The van der Waals surface area contributed by atoms with Gasteiger partial charge in [-0.2, -0.15) is 0 Å². The highest BCUT2D eigenvalue weighted by molar-refractivity contribution is 5.79. The number of ether oxygens (including phenoxy) is 2. The molecule has 0 spiro atoms. The molecule has 1 aliphatic heterocycles. The van der Waals surface area contributed by atoms with Crippen molar-refractivity contribution in [1.29, 1.82) is 0 Å². The average molecular weight is 263 g/mol. The number of hydrogen-bond donors (Lipinski definition) is 0. The lowest BCUT2D eigenvalue weighted by molar-refractivity contribution is 0.174. The van der Waals surface area contributed by atoms with Crippen LogP contribution in [-0.2, 0) is 6.42 Å². The van der Waals surface area contributed by atoms with E-state index in [0.29, 0.717) is 6.79 Å². The van der Waals surface area contributed by atoms with Crippen molar-refractivity contribution in [3.63, 3.8) is 0 Å². The van der Waals surface area contributed by atoms with Gasteiger partial charge in [-0.05, 0) is 24.1 Å². The maximum Gasteiger partial charge on any atom is 0.231 e. The number of guanidine groups is 1. The fourth-order valence-electron chi connectivity index (χ4n) is 2.06. The third kappa shape index (κ3) is 3.30. The largest absolute Gasteiger partial charge is 0.454 e. The van der Waals surface area contributed by atoms with Gasteiger partial charge in [0, 0.05) is 34.7 Å². The minimum Gasteiger partial charge on any atom is -0.454 e. The SMILES string of the molecule is CN(C)C(=NCCc1ccc2c(c1)OCO2)N(C)C. The molecule has 0 amide bonds. The summed E-state index contributed by atoms with van der Waals surface area (Å²) in [5.74, 6) is 2.64. The summed E-state index contributed by atoms with van der Waals surface area (Å²) in [5, 5.41) is 0. The second-order valence-corrected chi connectivity index (χ2v) is 4.91. The lowest BCUT2D eigenvalue weighted by Gasteiger charge is -2.22. The summed E-state index contributed by atoms with van der Waals surface area (Å²) in [5.41, 5.74) is 1.21. The quantitative estimate of drug-likeness (QED) is 0.611. The van der Waals surface area contributed by atoms with E-state index >= 15 is 0 Å². The molecule has 1 aromatic carbocycles. The summed E-state index contributed by atoms with van der Waals surface area (Å²) < 4.78 is 10.7. The van der Waals surface area contributed by atoms with E-state index in [1.165, 1.54) is 5.56 Å². The van der Waals surface area contributed by atoms with Gasteiger partial charge in [0.05, 0.1) is 0 Å². The molecule has 19 heavy (non-hydrogen) atoms. The van der Waals surface area contributed by atoms with Crippen LogP contribution in [0, 0.1) is 0 Å². The fourth-order valence-corrected chi connectivity index (χ4v) is 2.06. The second kappa shape index (κ2) is 5.82. The van der Waals surface area contributed by atoms with E-state index in [9.17, 15) is 0 Å². The molecule has 0 aromatic heterocycles. The van der Waals surface area contributed by atoms with Crippen LogP contribution in [0.4, 0.5) is 0 Å². The number of rotatable bonds is 3. The van der Waals surface area contributed by atoms with E-state index in [4.69, 9.17) is 9.47 Å². The van der Waals surface area contributed by atoms with Crippen molar-refractivity contribution in [2.75, 3.05) is 41.5 Å². The van der Waals surface area contributed by atoms with Crippen molar-refractivity contribution in [3.05, 3.63) is 23.8 Å². The van der Waals surface area contributed by atoms with Crippen molar-refractivity contribution in [2.24, 2.45) is 4.99 Å². The topological polar surface area (TPSA) is 37.3 Å². The van der Waals surface area contributed by atoms with E-state index in [2.05, 4.69) is 11.1 Å². The molecule has 0 N–H and O–H groups in total. The van der Waals surface area contributed by atoms with Crippen LogP contribution in [0.15, 0.2) is 23.2 Å². The van der Waals surface area contributed by atoms with Crippen molar-refractivity contribution >= 4 is 5.96 Å². The lowest BCUT2D eigenvalue weighted by atomic mass is 10.1. The summed E-state index contributed by atoms with van der Waals surface area (Å²) >= 11 is 0. The van der Waals surface area contributed by atoms with Crippen LogP contribution in [0.3, 0.4) is 0 Å². The van der Waals surface area contributed by atoms with Gasteiger partial charge in [-0.1, -0.05) is 6.07 Å². The molecule has 0 saturated carbocycles. The maximum atomic E-state index is 5.37. The Morgan fingerprint density at radius 2 is 1.79 bits per heavy atom. The summed E-state index contributed by atoms with van der Waals surface area (Å²) in [4.78, 5) is 8.64. The van der Waals surface area contributed by atoms with Crippen molar-refractivity contribution < 1.29 is 9.47 Å². The normalized spacial score (nSPS) is 12.2. The van der Waals surface area contributed by atoms with E-state index in [1.54, 1.807) is 0 Å². The first-order valence-electron chi connectivity index (χ1n) is 6.35. The van der Waals surface area contributed by atoms with Gasteiger partial charge in [-0.3, -0.25) is 4.99 Å². The van der Waals surface area contributed by atoms with Gasteiger partial charge in [0.25, 0.3) is 0 Å². The molecule has 1 aromatic rings. The van der Waals surface area contributed by atoms with Crippen LogP contribution < -0.4 is 9.47 Å². The van der Waals surface area contributed by atoms with Crippen molar-refractivity contribution in [1.82, 2.24) is 9.80 Å². The zero-order valence-corrected chi connectivity index (χ0v) is 12.0. The van der Waals surface area contributed by atoms with Gasteiger partial charge in [0.1, 0.15) is 0 Å². The summed E-state index contributed by atoms with van der Waals surface area (Å²) in [6.45, 7) is 1.08. The van der Waals surface area contributed by atoms with E-state index in [1.807, 2.05) is 50.1 Å². The Morgan fingerprint density at radius 1 is 1.11 bits per heavy atom. The summed E-state index contributed by atoms with van der Waals surface area (Å²) in [6, 6.07) is 6.05. The van der Waals surface area contributed by atoms with E-state index < -0.39 is 0 Å². The molecule has 0 bridgehead atoms. The van der Waals surface area contributed by atoms with Gasteiger partial charge >= 0.3 is 0 Å². The number of benzene rings is 1. The van der Waals surface area contributed by atoms with Crippen LogP contribution >= 0.6 is 0 Å². The van der Waals surface area contributed by atoms with Crippen LogP contribution in [0.25, 0.3) is 0 Å². The minimum atomic E-state index is 0.322. The van der Waals surface area contributed by atoms with Crippen LogP contribution in [0.1, 0.15) is 5.56 Å². The van der Waals surface area contributed by atoms with E-state index in [0.717, 1.165) is 30.4 Å². The Morgan fingerprint density at radius 3 is 2.47 bits per heavy atom. The number of hydrogen-bond acceptors (Lipinski definition) is 3. The molecule has 1 heterocycles. The molecule has 0 radical (unpaired) electrons. The van der Waals surface area contributed by atoms with Crippen molar-refractivity contribution in [3.8, 4) is 11.5 Å². The summed E-state index contributed by atoms with van der Waals surface area (Å²) in [7, 11) is 8.00. The van der Waals surface area contributed by atoms with Crippen molar-refractivity contribution in [2.45, 2.75) is 6.42 Å². The molecule has 5 heteroatoms. The molecule has 0 fully saturated rings. The zero-order chi connectivity index (χ0) is 13.8. The van der Waals surface area contributed by atoms with Crippen LogP contribution in [0.5, 0.6) is 11.5 Å². The van der Waals surface area contributed by atoms with Gasteiger partial charge < -0.3 is 19.3 Å². The lowest BCUT2D eigenvalue weighted by Crippen LogP contribution is -2.35. The Bertz CT molecular complexity index is 460. The smallest absolute Gasteiger partial charge is 0.231 e. The number of aliphatic imine (C=N–C) groups is 1. The molecule has 2 rings (SSSR count). The zero-order valence-electron chi connectivity index (χ0n) is 12.0. The first-order valence-corrected chi connectivity index (χ1v) is 6.35. The highest BCUT2D eigenvalue weighted by atomic mass is 16.7. The Hall–Kier alpha value is -1.91. The Kier molecular flexibility index (Phi) is 4.14. The standard InChI is InChI=1S/C14H21N3O2/c1-16(2)14(17(3)4)15-8-7-11-5-6-12-13(9-11)19-10-18-12/h5-6,9H,7-8,10H2,1-4H3. The Balaban J connectivity index is 1.97. The number of fused-ring (bicyclic) bond motifs is 1. The minimum absolute atomic E-state index is 0.322. The molecule has 104 valence electrons. The molecular weight excluding hydrogens is 242 g/mol. The van der Waals surface area contributed by atoms with Gasteiger partial charge in [0.2, 0.25) is 6.79 Å². The molecule has 0 aliphatic carbocycles. The number of nitrogens with zero attached hydrogens (tertiary/aromatic N) is 3. The Labute approximate surface area is 114 Å². The fraction of sp³-hybridized carbons (Fsp3) is 0.500. The molecule has 5 nitrogen and oxygen atoms in total. The maximum absolute atomic E-state index is 5.37. The monoisotopic (exact) mass is 263 g/mol. The van der Waals surface area contributed by atoms with Crippen LogP contribution in [-0.4, -0.2) is 57.3 Å². The summed E-state index contributed by atoms with van der Waals surface area (Å²) in [6.07, 6.45) is 0.891. The third-order valence-electron chi connectivity index (χ3n) is 2.89. The van der Waals surface area contributed by atoms with E-state index in [-0.39, 0.29) is 0 Å².